The van der Waals surface area contributed by atoms with E-state index >= 15 is 0 Å². The van der Waals surface area contributed by atoms with E-state index in [1.165, 1.54) is 9.13 Å². The largest absolute Gasteiger partial charge is 0.274 e. The fourth-order valence-electron chi connectivity index (χ4n) is 6.24. The molecule has 0 amide bonds. The van der Waals surface area contributed by atoms with Gasteiger partial charge in [-0.1, -0.05) is 52.4 Å². The molecular formula is C34H26N6O4S4. The Hall–Kier alpha value is -4.70. The van der Waals surface area contributed by atoms with Gasteiger partial charge in [-0.3, -0.25) is 28.3 Å². The molecule has 6 aromatic rings. The fourth-order valence-corrected chi connectivity index (χ4v) is 11.5. The molecule has 0 saturated heterocycles. The zero-order valence-corrected chi connectivity index (χ0v) is 29.3. The molecule has 240 valence electrons. The van der Waals surface area contributed by atoms with Crippen LogP contribution >= 0.6 is 45.3 Å². The molecule has 0 unspecified atom stereocenters. The normalized spacial score (nSPS) is 11.4. The number of aromatic nitrogens is 2. The molecule has 0 N–H and O–H groups in total. The van der Waals surface area contributed by atoms with Crippen molar-refractivity contribution in [3.05, 3.63) is 49.1 Å². The zero-order chi connectivity index (χ0) is 34.3. The number of pyridine rings is 2. The third-order valence-corrected chi connectivity index (χ3v) is 13.8. The Morgan fingerprint density at radius 1 is 0.479 bits per heavy atom. The van der Waals surface area contributed by atoms with Gasteiger partial charge in [0.15, 0.2) is 11.1 Å². The molecule has 14 heteroatoms. The molecule has 0 atom stereocenters. The molecule has 0 spiro atoms. The van der Waals surface area contributed by atoms with Gasteiger partial charge in [0.2, 0.25) is 0 Å². The Kier molecular flexibility index (Phi) is 9.29. The first-order chi connectivity index (χ1) is 23.3. The minimum atomic E-state index is -0.564. The molecular weight excluding hydrogens is 685 g/mol. The summed E-state index contributed by atoms with van der Waals surface area (Å²) in [5, 5.41) is 39.9. The number of unbranched alkanes of at least 4 members (excludes halogenated alkanes) is 6. The zero-order valence-electron chi connectivity index (χ0n) is 26.0. The van der Waals surface area contributed by atoms with Gasteiger partial charge in [0.05, 0.1) is 40.3 Å². The predicted molar refractivity (Wildman–Crippen MR) is 195 cm³/mol. The summed E-state index contributed by atoms with van der Waals surface area (Å²) >= 11 is 4.20. The van der Waals surface area contributed by atoms with E-state index in [2.05, 4.69) is 13.8 Å². The summed E-state index contributed by atoms with van der Waals surface area (Å²) in [6, 6.07) is 7.62. The number of hydrogen-bond acceptors (Lipinski definition) is 12. The van der Waals surface area contributed by atoms with Crippen LogP contribution in [0.3, 0.4) is 0 Å². The van der Waals surface area contributed by atoms with E-state index in [0.29, 0.717) is 39.3 Å². The summed E-state index contributed by atoms with van der Waals surface area (Å²) in [5.41, 5.74) is -2.59. The molecule has 0 aliphatic carbocycles. The SMILES string of the molecule is CCCCCCn1c(=O)c2c3sc(=C(C#N)C#N)sc3c3c(=O)n(CCCCCC)c(=O)c4c5sc(=C(C#N)C#N)sc5c(c1=O)c2c34. The van der Waals surface area contributed by atoms with Crippen LogP contribution in [0.25, 0.3) is 62.3 Å². The van der Waals surface area contributed by atoms with Gasteiger partial charge >= 0.3 is 0 Å². The molecule has 0 radical (unpaired) electrons. The second kappa shape index (κ2) is 13.4. The van der Waals surface area contributed by atoms with Gasteiger partial charge < -0.3 is 0 Å². The molecule has 0 aliphatic rings. The quantitative estimate of drug-likeness (QED) is 0.128. The number of benzene rings is 2. The maximum absolute atomic E-state index is 14.4. The molecule has 0 saturated carbocycles. The molecule has 48 heavy (non-hydrogen) atoms. The maximum atomic E-state index is 14.4. The first-order valence-electron chi connectivity index (χ1n) is 15.5. The lowest BCUT2D eigenvalue weighted by molar-refractivity contribution is 0.564. The Balaban J connectivity index is 1.97. The van der Waals surface area contributed by atoms with Gasteiger partial charge in [-0.15, -0.1) is 45.3 Å². The predicted octanol–water partition coefficient (Wildman–Crippen LogP) is 5.74. The van der Waals surface area contributed by atoms with Crippen LogP contribution in [0.15, 0.2) is 19.2 Å². The van der Waals surface area contributed by atoms with Crippen LogP contribution in [-0.2, 0) is 13.1 Å². The summed E-state index contributed by atoms with van der Waals surface area (Å²) < 4.78 is 4.52. The summed E-state index contributed by atoms with van der Waals surface area (Å²) in [4.78, 5) is 57.7. The standard InChI is InChI=1S/C34H26N6O4S4/c1-3-5-7-9-11-39-29(41)21-19-20-23(27-25(21)45-33(47-27)17(13-35)14-36)31(43)40(12-10-8-6-4-2)32(44)24(20)28-26(22(19)30(39)42)46-34(48-28)18(15-37)16-38/h3-12H2,1-2H3. The maximum Gasteiger partial charge on any atom is 0.262 e. The van der Waals surface area contributed by atoms with Crippen molar-refractivity contribution in [3.63, 3.8) is 0 Å². The van der Waals surface area contributed by atoms with Crippen molar-refractivity contribution in [1.82, 2.24) is 9.13 Å². The van der Waals surface area contributed by atoms with Crippen molar-refractivity contribution < 1.29 is 0 Å². The van der Waals surface area contributed by atoms with Crippen molar-refractivity contribution in [1.29, 1.82) is 21.0 Å². The van der Waals surface area contributed by atoms with Crippen LogP contribution in [0.1, 0.15) is 65.2 Å². The van der Waals surface area contributed by atoms with E-state index in [1.807, 2.05) is 24.3 Å². The highest BCUT2D eigenvalue weighted by molar-refractivity contribution is 7.38. The van der Waals surface area contributed by atoms with E-state index in [4.69, 9.17) is 0 Å². The highest BCUT2D eigenvalue weighted by Crippen LogP contribution is 2.44. The fraction of sp³-hybridized carbons (Fsp3) is 0.353. The van der Waals surface area contributed by atoms with Gasteiger partial charge in [0.25, 0.3) is 22.2 Å². The van der Waals surface area contributed by atoms with Crippen molar-refractivity contribution >= 4 is 108 Å². The van der Waals surface area contributed by atoms with Crippen LogP contribution in [-0.4, -0.2) is 9.13 Å². The van der Waals surface area contributed by atoms with Crippen LogP contribution < -0.4 is 29.9 Å². The van der Waals surface area contributed by atoms with Gasteiger partial charge in [0, 0.05) is 23.9 Å². The van der Waals surface area contributed by atoms with Gasteiger partial charge in [-0.05, 0) is 12.8 Å². The molecule has 2 aromatic carbocycles. The van der Waals surface area contributed by atoms with Gasteiger partial charge in [-0.25, -0.2) is 0 Å². The molecule has 10 nitrogen and oxygen atoms in total. The lowest BCUT2D eigenvalue weighted by Crippen LogP contribution is -2.36. The van der Waals surface area contributed by atoms with Crippen LogP contribution in [0.5, 0.6) is 0 Å². The van der Waals surface area contributed by atoms with Crippen LogP contribution in [0, 0.1) is 45.3 Å². The molecule has 4 aromatic heterocycles. The van der Waals surface area contributed by atoms with E-state index in [9.17, 15) is 40.2 Å². The molecule has 0 aliphatic heterocycles. The van der Waals surface area contributed by atoms with Gasteiger partial charge in [0.1, 0.15) is 32.0 Å². The van der Waals surface area contributed by atoms with Crippen molar-refractivity contribution in [2.45, 2.75) is 78.3 Å². The van der Waals surface area contributed by atoms with Crippen LogP contribution in [0.2, 0.25) is 0 Å². The first kappa shape index (κ1) is 33.2. The smallest absolute Gasteiger partial charge is 0.262 e. The number of fused-ring (bicyclic) bond motifs is 6. The second-order valence-electron chi connectivity index (χ2n) is 11.4. The number of hydrogen-bond donors (Lipinski definition) is 0. The van der Waals surface area contributed by atoms with E-state index < -0.39 is 22.2 Å². The molecule has 6 rings (SSSR count). The number of nitrogens with zero attached hydrogens (tertiary/aromatic N) is 6. The molecule has 4 heterocycles. The lowest BCUT2D eigenvalue weighted by Gasteiger charge is -2.16. The number of nitriles is 4. The molecule has 0 bridgehead atoms. The van der Waals surface area contributed by atoms with Crippen LogP contribution in [0.4, 0.5) is 0 Å². The minimum Gasteiger partial charge on any atom is -0.274 e. The summed E-state index contributed by atoms with van der Waals surface area (Å²) in [6.07, 6.45) is 6.53. The third kappa shape index (κ3) is 5.05. The summed E-state index contributed by atoms with van der Waals surface area (Å²) in [7, 11) is 0. The van der Waals surface area contributed by atoms with Crippen molar-refractivity contribution in [2.24, 2.45) is 0 Å². The van der Waals surface area contributed by atoms with Gasteiger partial charge in [-0.2, -0.15) is 21.0 Å². The molecule has 0 fully saturated rings. The highest BCUT2D eigenvalue weighted by atomic mass is 32.2. The Morgan fingerprint density at radius 3 is 1.02 bits per heavy atom. The summed E-state index contributed by atoms with van der Waals surface area (Å²) in [5.74, 6) is 0. The second-order valence-corrected chi connectivity index (χ2v) is 16.0. The monoisotopic (exact) mass is 710 g/mol. The third-order valence-electron chi connectivity index (χ3n) is 8.51. The average Bonchev–Trinajstić information content (AvgIpc) is 3.71. The van der Waals surface area contributed by atoms with Crippen molar-refractivity contribution in [2.75, 3.05) is 0 Å². The highest BCUT2D eigenvalue weighted by Gasteiger charge is 2.29. The Labute approximate surface area is 288 Å². The number of rotatable bonds is 10. The first-order valence-corrected chi connectivity index (χ1v) is 18.8. The average molecular weight is 711 g/mol. The van der Waals surface area contributed by atoms with Crippen molar-refractivity contribution in [3.8, 4) is 24.3 Å². The topological polar surface area (TPSA) is 173 Å². The Bertz CT molecular complexity index is 2490. The Morgan fingerprint density at radius 2 is 0.771 bits per heavy atom. The van der Waals surface area contributed by atoms with E-state index in [1.54, 1.807) is 0 Å². The summed E-state index contributed by atoms with van der Waals surface area (Å²) in [6.45, 7) is 4.42. The minimum absolute atomic E-state index is 0.152. The van der Waals surface area contributed by atoms with E-state index in [0.717, 1.165) is 83.9 Å². The lowest BCUT2D eigenvalue weighted by atomic mass is 9.96. The van der Waals surface area contributed by atoms with E-state index in [-0.39, 0.29) is 56.6 Å².